The van der Waals surface area contributed by atoms with Gasteiger partial charge in [-0.1, -0.05) is 6.07 Å². The summed E-state index contributed by atoms with van der Waals surface area (Å²) in [5, 5.41) is 0. The van der Waals surface area contributed by atoms with E-state index in [1.807, 2.05) is 18.2 Å². The third-order valence-corrected chi connectivity index (χ3v) is 3.86. The van der Waals surface area contributed by atoms with Crippen LogP contribution in [0.4, 0.5) is 5.69 Å². The number of likely N-dealkylation sites (tertiary alicyclic amines) is 1. The first kappa shape index (κ1) is 12.4. The predicted molar refractivity (Wildman–Crippen MR) is 71.2 cm³/mol. The predicted octanol–water partition coefficient (Wildman–Crippen LogP) is 1.48. The minimum Gasteiger partial charge on any atom is -0.398 e. The zero-order valence-electron chi connectivity index (χ0n) is 9.53. The summed E-state index contributed by atoms with van der Waals surface area (Å²) in [5.74, 6) is -0.229. The second-order valence-corrected chi connectivity index (χ2v) is 5.24. The van der Waals surface area contributed by atoms with Gasteiger partial charge in [0.25, 0.3) is 0 Å². The molecule has 1 fully saturated rings. The Morgan fingerprint density at radius 3 is 2.94 bits per heavy atom. The third-order valence-electron chi connectivity index (χ3n) is 3.14. The molecule has 4 N–H and O–H groups in total. The first-order valence-corrected chi connectivity index (χ1v) is 6.44. The number of primary amides is 1. The Morgan fingerprint density at radius 1 is 1.53 bits per heavy atom. The van der Waals surface area contributed by atoms with Crippen molar-refractivity contribution >= 4 is 27.5 Å². The van der Waals surface area contributed by atoms with Crippen molar-refractivity contribution < 1.29 is 4.79 Å². The van der Waals surface area contributed by atoms with Gasteiger partial charge in [0.2, 0.25) is 5.91 Å². The standard InChI is InChI=1S/C12H16BrN3O/c13-9-4-3-8(6-10(9)14)7-16-5-1-2-11(16)12(15)17/h3-4,6,11H,1-2,5,7,14H2,(H2,15,17). The molecule has 1 atom stereocenters. The highest BCUT2D eigenvalue weighted by atomic mass is 79.9. The lowest BCUT2D eigenvalue weighted by Crippen LogP contribution is -2.39. The average Bonchev–Trinajstić information content (AvgIpc) is 2.72. The fourth-order valence-electron chi connectivity index (χ4n) is 2.26. The summed E-state index contributed by atoms with van der Waals surface area (Å²) in [6.45, 7) is 1.65. The first-order chi connectivity index (χ1) is 8.08. The van der Waals surface area contributed by atoms with Crippen LogP contribution in [-0.4, -0.2) is 23.4 Å². The number of halogens is 1. The maximum atomic E-state index is 11.3. The summed E-state index contributed by atoms with van der Waals surface area (Å²) in [6.07, 6.45) is 1.89. The lowest BCUT2D eigenvalue weighted by Gasteiger charge is -2.21. The zero-order valence-corrected chi connectivity index (χ0v) is 11.1. The Balaban J connectivity index is 2.09. The summed E-state index contributed by atoms with van der Waals surface area (Å²) < 4.78 is 0.897. The Bertz CT molecular complexity index is 436. The molecule has 1 heterocycles. The molecule has 0 aromatic heterocycles. The smallest absolute Gasteiger partial charge is 0.234 e. The summed E-state index contributed by atoms with van der Waals surface area (Å²) in [7, 11) is 0. The maximum absolute atomic E-state index is 11.3. The van der Waals surface area contributed by atoms with E-state index in [-0.39, 0.29) is 11.9 Å². The minimum atomic E-state index is -0.229. The number of carbonyl (C=O) groups excluding carboxylic acids is 1. The normalized spacial score (nSPS) is 20.6. The largest absolute Gasteiger partial charge is 0.398 e. The van der Waals surface area contributed by atoms with Gasteiger partial charge in [-0.3, -0.25) is 9.69 Å². The van der Waals surface area contributed by atoms with Gasteiger partial charge >= 0.3 is 0 Å². The molecule has 1 unspecified atom stereocenters. The van der Waals surface area contributed by atoms with E-state index in [4.69, 9.17) is 11.5 Å². The van der Waals surface area contributed by atoms with Crippen molar-refractivity contribution in [3.8, 4) is 0 Å². The summed E-state index contributed by atoms with van der Waals surface area (Å²) in [4.78, 5) is 13.4. The van der Waals surface area contributed by atoms with Crippen LogP contribution in [0.2, 0.25) is 0 Å². The number of benzene rings is 1. The summed E-state index contributed by atoms with van der Waals surface area (Å²) in [6, 6.07) is 5.75. The molecule has 0 aliphatic carbocycles. The highest BCUT2D eigenvalue weighted by Gasteiger charge is 2.28. The summed E-state index contributed by atoms with van der Waals surface area (Å²) >= 11 is 3.36. The van der Waals surface area contributed by atoms with Crippen LogP contribution in [0.15, 0.2) is 22.7 Å². The van der Waals surface area contributed by atoms with Crippen LogP contribution in [0.25, 0.3) is 0 Å². The molecule has 0 spiro atoms. The van der Waals surface area contributed by atoms with Crippen LogP contribution in [0, 0.1) is 0 Å². The van der Waals surface area contributed by atoms with Crippen molar-refractivity contribution in [3.63, 3.8) is 0 Å². The monoisotopic (exact) mass is 297 g/mol. The number of nitrogen functional groups attached to an aromatic ring is 1. The van der Waals surface area contributed by atoms with Gasteiger partial charge in [-0.15, -0.1) is 0 Å². The summed E-state index contributed by atoms with van der Waals surface area (Å²) in [5.41, 5.74) is 13.0. The van der Waals surface area contributed by atoms with Crippen LogP contribution < -0.4 is 11.5 Å². The molecule has 1 aromatic carbocycles. The number of hydrogen-bond donors (Lipinski definition) is 2. The maximum Gasteiger partial charge on any atom is 0.234 e. The molecule has 1 aromatic rings. The van der Waals surface area contributed by atoms with Crippen molar-refractivity contribution in [2.75, 3.05) is 12.3 Å². The number of carbonyl (C=O) groups is 1. The molecule has 4 nitrogen and oxygen atoms in total. The number of hydrogen-bond acceptors (Lipinski definition) is 3. The van der Waals surface area contributed by atoms with Crippen molar-refractivity contribution in [2.24, 2.45) is 5.73 Å². The SMILES string of the molecule is NC(=O)C1CCCN1Cc1ccc(Br)c(N)c1. The number of rotatable bonds is 3. The molecular formula is C12H16BrN3O. The Hall–Kier alpha value is -1.07. The molecule has 1 aliphatic rings. The first-order valence-electron chi connectivity index (χ1n) is 5.65. The van der Waals surface area contributed by atoms with E-state index in [0.29, 0.717) is 0 Å². The molecule has 0 saturated carbocycles. The van der Waals surface area contributed by atoms with Crippen LogP contribution in [0.3, 0.4) is 0 Å². The van der Waals surface area contributed by atoms with E-state index in [2.05, 4.69) is 20.8 Å². The van der Waals surface area contributed by atoms with Gasteiger partial charge in [-0.05, 0) is 53.0 Å². The van der Waals surface area contributed by atoms with Crippen LogP contribution in [0.1, 0.15) is 18.4 Å². The third kappa shape index (κ3) is 2.79. The second-order valence-electron chi connectivity index (χ2n) is 4.39. The Labute approximate surface area is 109 Å². The van der Waals surface area contributed by atoms with Crippen molar-refractivity contribution in [3.05, 3.63) is 28.2 Å². The van der Waals surface area contributed by atoms with Gasteiger partial charge in [0, 0.05) is 16.7 Å². The van der Waals surface area contributed by atoms with Gasteiger partial charge in [0.05, 0.1) is 6.04 Å². The lowest BCUT2D eigenvalue weighted by molar-refractivity contribution is -0.122. The van der Waals surface area contributed by atoms with Gasteiger partial charge < -0.3 is 11.5 Å². The Morgan fingerprint density at radius 2 is 2.29 bits per heavy atom. The van der Waals surface area contributed by atoms with Gasteiger partial charge in [-0.2, -0.15) is 0 Å². The van der Waals surface area contributed by atoms with E-state index in [1.54, 1.807) is 0 Å². The van der Waals surface area contributed by atoms with Crippen molar-refractivity contribution in [1.29, 1.82) is 0 Å². The molecule has 2 rings (SSSR count). The lowest BCUT2D eigenvalue weighted by atomic mass is 10.1. The van der Waals surface area contributed by atoms with Gasteiger partial charge in [-0.25, -0.2) is 0 Å². The highest BCUT2D eigenvalue weighted by molar-refractivity contribution is 9.10. The molecule has 1 amide bonds. The second kappa shape index (κ2) is 5.06. The molecule has 17 heavy (non-hydrogen) atoms. The zero-order chi connectivity index (χ0) is 12.4. The average molecular weight is 298 g/mol. The molecule has 92 valence electrons. The van der Waals surface area contributed by atoms with E-state index >= 15 is 0 Å². The topological polar surface area (TPSA) is 72.4 Å². The minimum absolute atomic E-state index is 0.125. The van der Waals surface area contributed by atoms with Gasteiger partial charge in [0.15, 0.2) is 0 Å². The molecule has 1 aliphatic heterocycles. The number of amides is 1. The van der Waals surface area contributed by atoms with E-state index < -0.39 is 0 Å². The van der Waals surface area contributed by atoms with E-state index in [0.717, 1.165) is 41.7 Å². The Kier molecular flexibility index (Phi) is 3.69. The van der Waals surface area contributed by atoms with E-state index in [9.17, 15) is 4.79 Å². The molecule has 0 radical (unpaired) electrons. The number of anilines is 1. The number of nitrogens with two attached hydrogens (primary N) is 2. The quantitative estimate of drug-likeness (QED) is 0.830. The van der Waals surface area contributed by atoms with Crippen molar-refractivity contribution in [2.45, 2.75) is 25.4 Å². The van der Waals surface area contributed by atoms with Crippen LogP contribution in [0.5, 0.6) is 0 Å². The fourth-order valence-corrected chi connectivity index (χ4v) is 2.51. The molecular weight excluding hydrogens is 282 g/mol. The van der Waals surface area contributed by atoms with Crippen molar-refractivity contribution in [1.82, 2.24) is 4.90 Å². The van der Waals surface area contributed by atoms with Gasteiger partial charge in [0.1, 0.15) is 0 Å². The highest BCUT2D eigenvalue weighted by Crippen LogP contribution is 2.24. The molecule has 1 saturated heterocycles. The van der Waals surface area contributed by atoms with Crippen LogP contribution in [-0.2, 0) is 11.3 Å². The van der Waals surface area contributed by atoms with Crippen LogP contribution >= 0.6 is 15.9 Å². The molecule has 0 bridgehead atoms. The fraction of sp³-hybridized carbons (Fsp3) is 0.417. The number of nitrogens with zero attached hydrogens (tertiary/aromatic N) is 1. The van der Waals surface area contributed by atoms with E-state index in [1.165, 1.54) is 0 Å². The molecule has 5 heteroatoms.